The maximum Gasteiger partial charge on any atom is 0.341 e. The zero-order chi connectivity index (χ0) is 17.9. The van der Waals surface area contributed by atoms with Crippen LogP contribution >= 0.6 is 0 Å². The molecule has 2 rings (SSSR count). The van der Waals surface area contributed by atoms with E-state index in [0.717, 1.165) is 27.9 Å². The Balaban J connectivity index is 2.26. The van der Waals surface area contributed by atoms with Crippen molar-refractivity contribution >= 4 is 17.6 Å². The van der Waals surface area contributed by atoms with Crippen LogP contribution in [0.25, 0.3) is 0 Å². The number of carbonyl (C=O) groups excluding carboxylic acids is 1. The first-order valence-corrected chi connectivity index (χ1v) is 7.63. The molecule has 0 aliphatic carbocycles. The monoisotopic (exact) mass is 327 g/mol. The van der Waals surface area contributed by atoms with E-state index >= 15 is 0 Å². The first-order valence-electron chi connectivity index (χ1n) is 7.63. The molecule has 0 unspecified atom stereocenters. The number of carboxylic acids is 1. The summed E-state index contributed by atoms with van der Waals surface area (Å²) in [5.74, 6) is -0.741. The van der Waals surface area contributed by atoms with Crippen molar-refractivity contribution in [1.82, 2.24) is 0 Å². The van der Waals surface area contributed by atoms with E-state index in [4.69, 9.17) is 9.84 Å². The number of amides is 1. The van der Waals surface area contributed by atoms with Gasteiger partial charge >= 0.3 is 5.97 Å². The van der Waals surface area contributed by atoms with Crippen LogP contribution in [0.4, 0.5) is 5.69 Å². The van der Waals surface area contributed by atoms with Crippen LogP contribution in [0, 0.1) is 27.7 Å². The number of ether oxygens (including phenoxy) is 1. The molecule has 0 aliphatic heterocycles. The highest BCUT2D eigenvalue weighted by Crippen LogP contribution is 2.26. The smallest absolute Gasteiger partial charge is 0.341 e. The Morgan fingerprint density at radius 1 is 1.00 bits per heavy atom. The van der Waals surface area contributed by atoms with Gasteiger partial charge in [0.25, 0.3) is 5.91 Å². The highest BCUT2D eigenvalue weighted by Gasteiger charge is 2.14. The lowest BCUT2D eigenvalue weighted by atomic mass is 10.0. The Labute approximate surface area is 141 Å². The minimum atomic E-state index is -1.04. The van der Waals surface area contributed by atoms with E-state index in [0.29, 0.717) is 11.3 Å². The van der Waals surface area contributed by atoms with Gasteiger partial charge in [0.15, 0.2) is 6.61 Å². The normalized spacial score (nSPS) is 10.3. The molecule has 5 nitrogen and oxygen atoms in total. The van der Waals surface area contributed by atoms with Gasteiger partial charge in [-0.2, -0.15) is 0 Å². The molecule has 2 aromatic rings. The number of aryl methyl sites for hydroxylation is 4. The van der Waals surface area contributed by atoms with Crippen LogP contribution in [0.3, 0.4) is 0 Å². The average molecular weight is 327 g/mol. The van der Waals surface area contributed by atoms with Crippen LogP contribution < -0.4 is 10.1 Å². The first kappa shape index (κ1) is 17.5. The number of carboxylic acid groups (broad SMARTS) is 1. The number of hydrogen-bond donors (Lipinski definition) is 2. The highest BCUT2D eigenvalue weighted by atomic mass is 16.5. The average Bonchev–Trinajstić information content (AvgIpc) is 2.49. The van der Waals surface area contributed by atoms with Gasteiger partial charge in [-0.05, 0) is 62.1 Å². The van der Waals surface area contributed by atoms with Crippen LogP contribution in [0.5, 0.6) is 5.75 Å². The van der Waals surface area contributed by atoms with Crippen molar-refractivity contribution < 1.29 is 19.4 Å². The lowest BCUT2D eigenvalue weighted by Gasteiger charge is -2.14. The summed E-state index contributed by atoms with van der Waals surface area (Å²) in [7, 11) is 0. The largest absolute Gasteiger partial charge is 0.481 e. The Kier molecular flexibility index (Phi) is 5.24. The fraction of sp³-hybridized carbons (Fsp3) is 0.263. The molecule has 0 fully saturated rings. The zero-order valence-corrected chi connectivity index (χ0v) is 14.3. The second-order valence-corrected chi connectivity index (χ2v) is 5.84. The number of para-hydroxylation sites is 1. The number of nitrogens with one attached hydrogen (secondary N) is 1. The molecular weight excluding hydrogens is 306 g/mol. The van der Waals surface area contributed by atoms with Gasteiger partial charge in [-0.3, -0.25) is 4.79 Å². The lowest BCUT2D eigenvalue weighted by molar-refractivity contribution is -0.139. The van der Waals surface area contributed by atoms with E-state index in [2.05, 4.69) is 5.32 Å². The van der Waals surface area contributed by atoms with Crippen molar-refractivity contribution in [2.45, 2.75) is 27.7 Å². The lowest BCUT2D eigenvalue weighted by Crippen LogP contribution is -2.15. The zero-order valence-electron chi connectivity index (χ0n) is 14.3. The SMILES string of the molecule is Cc1cccc(C)c1NC(=O)c1cc(C)c(OCC(=O)O)c(C)c1. The molecule has 2 aromatic carbocycles. The molecule has 0 aliphatic rings. The third kappa shape index (κ3) is 3.93. The Morgan fingerprint density at radius 3 is 2.04 bits per heavy atom. The summed E-state index contributed by atoms with van der Waals surface area (Å²) in [6, 6.07) is 9.24. The van der Waals surface area contributed by atoms with Crippen molar-refractivity contribution in [2.24, 2.45) is 0 Å². The number of aliphatic carboxylic acids is 1. The summed E-state index contributed by atoms with van der Waals surface area (Å²) in [6.07, 6.45) is 0. The second kappa shape index (κ2) is 7.17. The van der Waals surface area contributed by atoms with Crippen LogP contribution in [0.15, 0.2) is 30.3 Å². The van der Waals surface area contributed by atoms with Crippen molar-refractivity contribution in [3.05, 3.63) is 58.1 Å². The Morgan fingerprint density at radius 2 is 1.54 bits per heavy atom. The molecule has 0 saturated carbocycles. The molecule has 0 heterocycles. The van der Waals surface area contributed by atoms with Gasteiger partial charge in [-0.1, -0.05) is 18.2 Å². The predicted octanol–water partition coefficient (Wildman–Crippen LogP) is 3.64. The maximum absolute atomic E-state index is 12.6. The fourth-order valence-electron chi connectivity index (χ4n) is 2.64. The molecule has 0 radical (unpaired) electrons. The Hall–Kier alpha value is -2.82. The van der Waals surface area contributed by atoms with Crippen LogP contribution in [-0.2, 0) is 4.79 Å². The van der Waals surface area contributed by atoms with E-state index in [9.17, 15) is 9.59 Å². The molecule has 5 heteroatoms. The van der Waals surface area contributed by atoms with E-state index < -0.39 is 12.6 Å². The molecule has 0 atom stereocenters. The molecule has 24 heavy (non-hydrogen) atoms. The summed E-state index contributed by atoms with van der Waals surface area (Å²) in [5.41, 5.74) is 4.77. The molecule has 0 aromatic heterocycles. The van der Waals surface area contributed by atoms with Gasteiger partial charge in [0, 0.05) is 11.3 Å². The number of carbonyl (C=O) groups is 2. The minimum Gasteiger partial charge on any atom is -0.481 e. The third-order valence-corrected chi connectivity index (χ3v) is 3.78. The minimum absolute atomic E-state index is 0.205. The van der Waals surface area contributed by atoms with Gasteiger partial charge in [-0.25, -0.2) is 4.79 Å². The molecule has 1 amide bonds. The van der Waals surface area contributed by atoms with Crippen molar-refractivity contribution in [3.63, 3.8) is 0 Å². The van der Waals surface area contributed by atoms with E-state index in [1.807, 2.05) is 32.0 Å². The second-order valence-electron chi connectivity index (χ2n) is 5.84. The maximum atomic E-state index is 12.6. The number of anilines is 1. The molecule has 2 N–H and O–H groups in total. The van der Waals surface area contributed by atoms with Crippen LogP contribution in [0.2, 0.25) is 0 Å². The predicted molar refractivity (Wildman–Crippen MR) is 92.9 cm³/mol. The van der Waals surface area contributed by atoms with Crippen LogP contribution in [0.1, 0.15) is 32.6 Å². The summed E-state index contributed by atoms with van der Waals surface area (Å²) < 4.78 is 5.29. The topological polar surface area (TPSA) is 75.6 Å². The fourth-order valence-corrected chi connectivity index (χ4v) is 2.64. The first-order chi connectivity index (χ1) is 11.3. The summed E-state index contributed by atoms with van der Waals surface area (Å²) in [5, 5.41) is 11.7. The number of rotatable bonds is 5. The molecular formula is C19H21NO4. The van der Waals surface area contributed by atoms with E-state index in [1.165, 1.54) is 0 Å². The van der Waals surface area contributed by atoms with Crippen molar-refractivity contribution in [3.8, 4) is 5.75 Å². The number of benzene rings is 2. The van der Waals surface area contributed by atoms with Gasteiger partial charge in [0.05, 0.1) is 0 Å². The van der Waals surface area contributed by atoms with Gasteiger partial charge in [0.1, 0.15) is 5.75 Å². The van der Waals surface area contributed by atoms with E-state index in [-0.39, 0.29) is 5.91 Å². The van der Waals surface area contributed by atoms with Crippen molar-refractivity contribution in [1.29, 1.82) is 0 Å². The van der Waals surface area contributed by atoms with Gasteiger partial charge in [-0.15, -0.1) is 0 Å². The van der Waals surface area contributed by atoms with Crippen molar-refractivity contribution in [2.75, 3.05) is 11.9 Å². The molecule has 0 bridgehead atoms. The summed E-state index contributed by atoms with van der Waals surface area (Å²) in [6.45, 7) is 7.07. The molecule has 0 spiro atoms. The van der Waals surface area contributed by atoms with Gasteiger partial charge < -0.3 is 15.2 Å². The quantitative estimate of drug-likeness (QED) is 0.879. The highest BCUT2D eigenvalue weighted by molar-refractivity contribution is 6.05. The summed E-state index contributed by atoms with van der Waals surface area (Å²) in [4.78, 5) is 23.2. The van der Waals surface area contributed by atoms with Gasteiger partial charge in [0.2, 0.25) is 0 Å². The summed E-state index contributed by atoms with van der Waals surface area (Å²) >= 11 is 0. The molecule has 126 valence electrons. The molecule has 0 saturated heterocycles. The van der Waals surface area contributed by atoms with E-state index in [1.54, 1.807) is 26.0 Å². The Bertz CT molecular complexity index is 753. The number of hydrogen-bond acceptors (Lipinski definition) is 3. The standard InChI is InChI=1S/C19H21NO4/c1-11-6-5-7-12(2)17(11)20-19(23)15-8-13(3)18(14(4)9-15)24-10-16(21)22/h5-9H,10H2,1-4H3,(H,20,23)(H,21,22). The van der Waals surface area contributed by atoms with Crippen LogP contribution in [-0.4, -0.2) is 23.6 Å². The third-order valence-electron chi connectivity index (χ3n) is 3.78.